The zero-order valence-electron chi connectivity index (χ0n) is 10.6. The Bertz CT molecular complexity index is 557. The van der Waals surface area contributed by atoms with Crippen molar-refractivity contribution in [2.45, 2.75) is 38.7 Å². The Morgan fingerprint density at radius 1 is 1.22 bits per heavy atom. The van der Waals surface area contributed by atoms with Crippen LogP contribution in [0.5, 0.6) is 0 Å². The third kappa shape index (κ3) is 1.85. The number of aliphatic hydroxyl groups excluding tert-OH is 1. The van der Waals surface area contributed by atoms with E-state index in [0.29, 0.717) is 0 Å². The van der Waals surface area contributed by atoms with Gasteiger partial charge in [0.1, 0.15) is 0 Å². The lowest BCUT2D eigenvalue weighted by Gasteiger charge is -2.17. The fourth-order valence-corrected chi connectivity index (χ4v) is 2.74. The number of imidazole rings is 1. The molecular weight excluding hydrogens is 224 g/mol. The molecule has 1 aliphatic carbocycles. The van der Waals surface area contributed by atoms with Gasteiger partial charge in [-0.3, -0.25) is 0 Å². The summed E-state index contributed by atoms with van der Waals surface area (Å²) in [5.74, 6) is 0. The van der Waals surface area contributed by atoms with E-state index in [1.807, 2.05) is 31.5 Å². The van der Waals surface area contributed by atoms with E-state index in [-0.39, 0.29) is 0 Å². The minimum absolute atomic E-state index is 0.456. The highest BCUT2D eigenvalue weighted by Gasteiger charge is 2.18. The van der Waals surface area contributed by atoms with Gasteiger partial charge >= 0.3 is 0 Å². The predicted octanol–water partition coefficient (Wildman–Crippen LogP) is 2.80. The molecule has 1 aromatic carbocycles. The number of para-hydroxylation sites is 1. The molecule has 3 heteroatoms. The van der Waals surface area contributed by atoms with E-state index in [1.165, 1.54) is 24.2 Å². The number of fused-ring (bicyclic) bond motifs is 1. The minimum atomic E-state index is -0.456. The van der Waals surface area contributed by atoms with Gasteiger partial charge in [-0.15, -0.1) is 0 Å². The second kappa shape index (κ2) is 4.58. The number of rotatable bonds is 2. The van der Waals surface area contributed by atoms with Crippen LogP contribution in [-0.4, -0.2) is 14.7 Å². The molecule has 3 nitrogen and oxygen atoms in total. The standard InChI is InChI=1S/C15H18N2O/c1-11(18)12-6-2-4-8-14(12)17-10-16-13-7-3-5-9-15(13)17/h2,4,6,8,10-11,18H,3,5,7,9H2,1H3/t11-/m0/s1. The van der Waals surface area contributed by atoms with Crippen LogP contribution >= 0.6 is 0 Å². The molecular formula is C15H18N2O. The maximum atomic E-state index is 9.87. The van der Waals surface area contributed by atoms with Gasteiger partial charge in [0.15, 0.2) is 0 Å². The third-order valence-electron chi connectivity index (χ3n) is 3.68. The van der Waals surface area contributed by atoms with Gasteiger partial charge in [-0.25, -0.2) is 4.98 Å². The van der Waals surface area contributed by atoms with E-state index in [0.717, 1.165) is 24.1 Å². The van der Waals surface area contributed by atoms with Gasteiger partial charge in [0.25, 0.3) is 0 Å². The molecule has 0 spiro atoms. The molecule has 1 heterocycles. The van der Waals surface area contributed by atoms with Crippen molar-refractivity contribution in [2.24, 2.45) is 0 Å². The van der Waals surface area contributed by atoms with Gasteiger partial charge in [0.05, 0.1) is 23.8 Å². The quantitative estimate of drug-likeness (QED) is 0.879. The Kier molecular flexibility index (Phi) is 2.92. The number of aryl methyl sites for hydroxylation is 1. The van der Waals surface area contributed by atoms with Gasteiger partial charge < -0.3 is 9.67 Å². The molecule has 3 rings (SSSR count). The summed E-state index contributed by atoms with van der Waals surface area (Å²) in [4.78, 5) is 4.51. The molecule has 0 saturated heterocycles. The topological polar surface area (TPSA) is 38.0 Å². The molecule has 0 radical (unpaired) electrons. The summed E-state index contributed by atoms with van der Waals surface area (Å²) in [6.07, 6.45) is 6.08. The lowest BCUT2D eigenvalue weighted by Crippen LogP contribution is -2.09. The molecule has 1 aromatic heterocycles. The van der Waals surface area contributed by atoms with Crippen molar-refractivity contribution >= 4 is 0 Å². The molecule has 94 valence electrons. The van der Waals surface area contributed by atoms with Crippen LogP contribution in [0, 0.1) is 0 Å². The molecule has 1 N–H and O–H groups in total. The lowest BCUT2D eigenvalue weighted by atomic mass is 10.0. The number of aromatic nitrogens is 2. The Morgan fingerprint density at radius 3 is 2.83 bits per heavy atom. The summed E-state index contributed by atoms with van der Waals surface area (Å²) in [6, 6.07) is 8.01. The van der Waals surface area contributed by atoms with Crippen LogP contribution in [0.1, 0.15) is 42.8 Å². The number of hydrogen-bond donors (Lipinski definition) is 1. The zero-order chi connectivity index (χ0) is 12.5. The van der Waals surface area contributed by atoms with Crippen molar-refractivity contribution < 1.29 is 5.11 Å². The third-order valence-corrected chi connectivity index (χ3v) is 3.68. The summed E-state index contributed by atoms with van der Waals surface area (Å²) in [6.45, 7) is 1.81. The van der Waals surface area contributed by atoms with Gasteiger partial charge in [-0.1, -0.05) is 18.2 Å². The first-order chi connectivity index (χ1) is 8.77. The van der Waals surface area contributed by atoms with E-state index in [1.54, 1.807) is 0 Å². The molecule has 1 aliphatic rings. The number of aliphatic hydroxyl groups is 1. The summed E-state index contributed by atoms with van der Waals surface area (Å²) < 4.78 is 2.15. The number of benzene rings is 1. The second-order valence-corrected chi connectivity index (χ2v) is 4.95. The first-order valence-corrected chi connectivity index (χ1v) is 6.60. The lowest BCUT2D eigenvalue weighted by molar-refractivity contribution is 0.199. The molecule has 0 amide bonds. The van der Waals surface area contributed by atoms with E-state index in [9.17, 15) is 5.11 Å². The molecule has 0 unspecified atom stereocenters. The van der Waals surface area contributed by atoms with Crippen molar-refractivity contribution in [3.05, 3.63) is 47.5 Å². The van der Waals surface area contributed by atoms with E-state index >= 15 is 0 Å². The summed E-state index contributed by atoms with van der Waals surface area (Å²) in [7, 11) is 0. The van der Waals surface area contributed by atoms with Gasteiger partial charge in [0, 0.05) is 11.3 Å². The maximum absolute atomic E-state index is 9.87. The van der Waals surface area contributed by atoms with Crippen LogP contribution < -0.4 is 0 Å². The first-order valence-electron chi connectivity index (χ1n) is 6.60. The smallest absolute Gasteiger partial charge is 0.0997 e. The highest BCUT2D eigenvalue weighted by atomic mass is 16.3. The molecule has 0 aliphatic heterocycles. The molecule has 0 bridgehead atoms. The average molecular weight is 242 g/mol. The Morgan fingerprint density at radius 2 is 2.00 bits per heavy atom. The second-order valence-electron chi connectivity index (χ2n) is 4.95. The van der Waals surface area contributed by atoms with Crippen LogP contribution in [-0.2, 0) is 12.8 Å². The Hall–Kier alpha value is -1.61. The number of hydrogen-bond acceptors (Lipinski definition) is 2. The van der Waals surface area contributed by atoms with Crippen LogP contribution in [0.15, 0.2) is 30.6 Å². The largest absolute Gasteiger partial charge is 0.389 e. The highest BCUT2D eigenvalue weighted by molar-refractivity contribution is 5.44. The summed E-state index contributed by atoms with van der Waals surface area (Å²) in [5.41, 5.74) is 4.56. The van der Waals surface area contributed by atoms with Crippen molar-refractivity contribution in [1.82, 2.24) is 9.55 Å². The van der Waals surface area contributed by atoms with Gasteiger partial charge in [-0.2, -0.15) is 0 Å². The SMILES string of the molecule is C[C@H](O)c1ccccc1-n1cnc2c1CCCC2. The molecule has 0 fully saturated rings. The molecule has 0 saturated carbocycles. The maximum Gasteiger partial charge on any atom is 0.0997 e. The monoisotopic (exact) mass is 242 g/mol. The van der Waals surface area contributed by atoms with Crippen LogP contribution in [0.2, 0.25) is 0 Å². The van der Waals surface area contributed by atoms with Gasteiger partial charge in [0.2, 0.25) is 0 Å². The zero-order valence-corrected chi connectivity index (χ0v) is 10.6. The van der Waals surface area contributed by atoms with Gasteiger partial charge in [-0.05, 0) is 38.7 Å². The predicted molar refractivity (Wildman–Crippen MR) is 70.8 cm³/mol. The summed E-state index contributed by atoms with van der Waals surface area (Å²) >= 11 is 0. The van der Waals surface area contributed by atoms with E-state index in [4.69, 9.17) is 0 Å². The van der Waals surface area contributed by atoms with Crippen LogP contribution in [0.4, 0.5) is 0 Å². The fraction of sp³-hybridized carbons (Fsp3) is 0.400. The summed E-state index contributed by atoms with van der Waals surface area (Å²) in [5, 5.41) is 9.87. The Balaban J connectivity index is 2.13. The van der Waals surface area contributed by atoms with E-state index < -0.39 is 6.10 Å². The average Bonchev–Trinajstić information content (AvgIpc) is 2.82. The van der Waals surface area contributed by atoms with Crippen LogP contribution in [0.3, 0.4) is 0 Å². The van der Waals surface area contributed by atoms with Crippen LogP contribution in [0.25, 0.3) is 5.69 Å². The minimum Gasteiger partial charge on any atom is -0.389 e. The normalized spacial score (nSPS) is 16.3. The fourth-order valence-electron chi connectivity index (χ4n) is 2.74. The van der Waals surface area contributed by atoms with Crippen molar-refractivity contribution in [3.8, 4) is 5.69 Å². The van der Waals surface area contributed by atoms with Crippen molar-refractivity contribution in [3.63, 3.8) is 0 Å². The Labute approximate surface area is 107 Å². The molecule has 1 atom stereocenters. The van der Waals surface area contributed by atoms with Crippen molar-refractivity contribution in [2.75, 3.05) is 0 Å². The number of nitrogens with zero attached hydrogens (tertiary/aromatic N) is 2. The molecule has 2 aromatic rings. The molecule has 18 heavy (non-hydrogen) atoms. The highest BCUT2D eigenvalue weighted by Crippen LogP contribution is 2.27. The first kappa shape index (κ1) is 11.5. The van der Waals surface area contributed by atoms with Crippen molar-refractivity contribution in [1.29, 1.82) is 0 Å². The van der Waals surface area contributed by atoms with E-state index in [2.05, 4.69) is 15.6 Å².